The van der Waals surface area contributed by atoms with Crippen LogP contribution in [0.5, 0.6) is 0 Å². The summed E-state index contributed by atoms with van der Waals surface area (Å²) in [6.45, 7) is 3.58. The number of nitrogens with one attached hydrogen (secondary N) is 1. The first-order valence-corrected chi connectivity index (χ1v) is 5.18. The minimum absolute atomic E-state index is 0.186. The van der Waals surface area contributed by atoms with Crippen LogP contribution in [0.2, 0.25) is 0 Å². The molecule has 1 atom stereocenters. The van der Waals surface area contributed by atoms with Crippen molar-refractivity contribution < 1.29 is 9.53 Å². The number of carbonyl (C=O) groups is 1. The van der Waals surface area contributed by atoms with E-state index in [0.717, 1.165) is 13.1 Å². The van der Waals surface area contributed by atoms with Gasteiger partial charge in [0.2, 0.25) is 0 Å². The van der Waals surface area contributed by atoms with Crippen molar-refractivity contribution in [2.45, 2.75) is 12.8 Å². The number of esters is 1. The third-order valence-electron chi connectivity index (χ3n) is 2.65. The first kappa shape index (κ1) is 11.5. The summed E-state index contributed by atoms with van der Waals surface area (Å²) < 4.78 is 4.55. The van der Waals surface area contributed by atoms with Gasteiger partial charge < -0.3 is 15.0 Å². The lowest BCUT2D eigenvalue weighted by Gasteiger charge is -2.29. The third kappa shape index (κ3) is 4.07. The lowest BCUT2D eigenvalue weighted by Crippen LogP contribution is -2.38. The Hall–Kier alpha value is -0.610. The van der Waals surface area contributed by atoms with Gasteiger partial charge in [0, 0.05) is 6.54 Å². The molecular weight excluding hydrogens is 180 g/mol. The summed E-state index contributed by atoms with van der Waals surface area (Å²) in [5.41, 5.74) is 0. The molecule has 1 saturated heterocycles. The van der Waals surface area contributed by atoms with Crippen LogP contribution in [-0.4, -0.2) is 51.2 Å². The van der Waals surface area contributed by atoms with Crippen molar-refractivity contribution in [2.24, 2.45) is 5.92 Å². The minimum atomic E-state index is -0.186. The maximum atomic E-state index is 10.8. The standard InChI is InChI=1S/C10H20N2O2/c1-12-5-3-4-9(8-12)6-11-7-10(13)14-2/h9,11H,3-8H2,1-2H3. The Labute approximate surface area is 85.6 Å². The predicted octanol–water partition coefficient (Wildman–Crippen LogP) is 0.0908. The molecule has 0 radical (unpaired) electrons. The highest BCUT2D eigenvalue weighted by molar-refractivity contribution is 5.71. The summed E-state index contributed by atoms with van der Waals surface area (Å²) in [7, 11) is 3.56. The molecule has 0 aromatic carbocycles. The lowest BCUT2D eigenvalue weighted by molar-refractivity contribution is -0.139. The van der Waals surface area contributed by atoms with Crippen molar-refractivity contribution in [3.8, 4) is 0 Å². The van der Waals surface area contributed by atoms with Crippen molar-refractivity contribution in [2.75, 3.05) is 40.3 Å². The molecule has 1 fully saturated rings. The Bertz CT molecular complexity index is 185. The second kappa shape index (κ2) is 5.98. The van der Waals surface area contributed by atoms with E-state index in [4.69, 9.17) is 0 Å². The van der Waals surface area contributed by atoms with Crippen molar-refractivity contribution >= 4 is 5.97 Å². The van der Waals surface area contributed by atoms with Gasteiger partial charge in [0.25, 0.3) is 0 Å². The molecule has 0 bridgehead atoms. The molecule has 4 nitrogen and oxygen atoms in total. The summed E-state index contributed by atoms with van der Waals surface area (Å²) >= 11 is 0. The Morgan fingerprint density at radius 1 is 1.64 bits per heavy atom. The van der Waals surface area contributed by atoms with Gasteiger partial charge in [-0.05, 0) is 38.9 Å². The van der Waals surface area contributed by atoms with Crippen LogP contribution in [0.3, 0.4) is 0 Å². The molecule has 0 spiro atoms. The summed E-state index contributed by atoms with van der Waals surface area (Å²) in [5, 5.41) is 3.13. The number of rotatable bonds is 4. The van der Waals surface area contributed by atoms with Crippen LogP contribution >= 0.6 is 0 Å². The topological polar surface area (TPSA) is 41.6 Å². The van der Waals surface area contributed by atoms with E-state index < -0.39 is 0 Å². The monoisotopic (exact) mass is 200 g/mol. The number of piperidine rings is 1. The van der Waals surface area contributed by atoms with Crippen LogP contribution in [-0.2, 0) is 9.53 Å². The third-order valence-corrected chi connectivity index (χ3v) is 2.65. The first-order valence-electron chi connectivity index (χ1n) is 5.18. The van der Waals surface area contributed by atoms with Crippen LogP contribution in [0.1, 0.15) is 12.8 Å². The Kier molecular flexibility index (Phi) is 4.90. The summed E-state index contributed by atoms with van der Waals surface area (Å²) in [6, 6.07) is 0. The zero-order valence-corrected chi connectivity index (χ0v) is 9.08. The second-order valence-corrected chi connectivity index (χ2v) is 3.98. The number of hydrogen-bond donors (Lipinski definition) is 1. The van der Waals surface area contributed by atoms with E-state index in [0.29, 0.717) is 12.5 Å². The van der Waals surface area contributed by atoms with Crippen LogP contribution in [0, 0.1) is 5.92 Å². The highest BCUT2D eigenvalue weighted by Crippen LogP contribution is 2.13. The number of carbonyl (C=O) groups excluding carboxylic acids is 1. The van der Waals surface area contributed by atoms with E-state index in [1.165, 1.54) is 26.5 Å². The smallest absolute Gasteiger partial charge is 0.319 e. The number of hydrogen-bond acceptors (Lipinski definition) is 4. The van der Waals surface area contributed by atoms with Crippen molar-refractivity contribution in [1.82, 2.24) is 10.2 Å². The summed E-state index contributed by atoms with van der Waals surface area (Å²) in [6.07, 6.45) is 2.53. The zero-order valence-electron chi connectivity index (χ0n) is 9.08. The van der Waals surface area contributed by atoms with E-state index in [2.05, 4.69) is 22.0 Å². The number of likely N-dealkylation sites (tertiary alicyclic amines) is 1. The molecule has 1 heterocycles. The molecule has 1 aliphatic rings. The second-order valence-electron chi connectivity index (χ2n) is 3.98. The largest absolute Gasteiger partial charge is 0.468 e. The molecule has 1 rings (SSSR count). The Morgan fingerprint density at radius 3 is 3.07 bits per heavy atom. The van der Waals surface area contributed by atoms with Crippen LogP contribution in [0.15, 0.2) is 0 Å². The molecule has 82 valence electrons. The van der Waals surface area contributed by atoms with E-state index in [9.17, 15) is 4.79 Å². The molecule has 1 N–H and O–H groups in total. The van der Waals surface area contributed by atoms with Gasteiger partial charge in [0.15, 0.2) is 0 Å². The van der Waals surface area contributed by atoms with Gasteiger partial charge >= 0.3 is 5.97 Å². The Morgan fingerprint density at radius 2 is 2.43 bits per heavy atom. The minimum Gasteiger partial charge on any atom is -0.468 e. The molecule has 0 saturated carbocycles. The van der Waals surface area contributed by atoms with Crippen molar-refractivity contribution in [1.29, 1.82) is 0 Å². The Balaban J connectivity index is 2.08. The lowest BCUT2D eigenvalue weighted by atomic mass is 9.98. The molecule has 4 heteroatoms. The van der Waals surface area contributed by atoms with E-state index in [1.54, 1.807) is 0 Å². The fraction of sp³-hybridized carbons (Fsp3) is 0.900. The van der Waals surface area contributed by atoms with Gasteiger partial charge in [-0.1, -0.05) is 0 Å². The molecule has 0 aliphatic carbocycles. The van der Waals surface area contributed by atoms with Gasteiger partial charge in [-0.15, -0.1) is 0 Å². The van der Waals surface area contributed by atoms with Gasteiger partial charge in [-0.25, -0.2) is 0 Å². The number of methoxy groups -OCH3 is 1. The SMILES string of the molecule is COC(=O)CNCC1CCCN(C)C1. The highest BCUT2D eigenvalue weighted by atomic mass is 16.5. The predicted molar refractivity (Wildman–Crippen MR) is 55.1 cm³/mol. The molecular formula is C10H20N2O2. The molecule has 1 aliphatic heterocycles. The zero-order chi connectivity index (χ0) is 10.4. The summed E-state index contributed by atoms with van der Waals surface area (Å²) in [5.74, 6) is 0.493. The average Bonchev–Trinajstić information content (AvgIpc) is 2.17. The number of ether oxygens (including phenoxy) is 1. The van der Waals surface area contributed by atoms with Crippen molar-refractivity contribution in [3.63, 3.8) is 0 Å². The maximum Gasteiger partial charge on any atom is 0.319 e. The van der Waals surface area contributed by atoms with E-state index in [-0.39, 0.29) is 5.97 Å². The maximum absolute atomic E-state index is 10.8. The first-order chi connectivity index (χ1) is 6.72. The molecule has 0 aromatic heterocycles. The van der Waals surface area contributed by atoms with Gasteiger partial charge in [-0.2, -0.15) is 0 Å². The van der Waals surface area contributed by atoms with Gasteiger partial charge in [0.1, 0.15) is 0 Å². The average molecular weight is 200 g/mol. The summed E-state index contributed by atoms with van der Waals surface area (Å²) in [4.78, 5) is 13.2. The van der Waals surface area contributed by atoms with Crippen LogP contribution < -0.4 is 5.32 Å². The molecule has 0 amide bonds. The van der Waals surface area contributed by atoms with Crippen molar-refractivity contribution in [3.05, 3.63) is 0 Å². The fourth-order valence-electron chi connectivity index (χ4n) is 1.89. The molecule has 1 unspecified atom stereocenters. The van der Waals surface area contributed by atoms with E-state index >= 15 is 0 Å². The van der Waals surface area contributed by atoms with Gasteiger partial charge in [-0.3, -0.25) is 4.79 Å². The highest BCUT2D eigenvalue weighted by Gasteiger charge is 2.16. The van der Waals surface area contributed by atoms with Gasteiger partial charge in [0.05, 0.1) is 13.7 Å². The number of nitrogens with zero attached hydrogens (tertiary/aromatic N) is 1. The normalized spacial score (nSPS) is 23.4. The molecule has 0 aromatic rings. The van der Waals surface area contributed by atoms with Crippen LogP contribution in [0.25, 0.3) is 0 Å². The van der Waals surface area contributed by atoms with E-state index in [1.807, 2.05) is 0 Å². The quantitative estimate of drug-likeness (QED) is 0.653. The fourth-order valence-corrected chi connectivity index (χ4v) is 1.89. The molecule has 14 heavy (non-hydrogen) atoms. The van der Waals surface area contributed by atoms with Crippen LogP contribution in [0.4, 0.5) is 0 Å².